The Labute approximate surface area is 248 Å². The molecule has 11 nitrogen and oxygen atoms in total. The molecule has 4 rings (SSSR count). The second-order valence-corrected chi connectivity index (χ2v) is 13.0. The third kappa shape index (κ3) is 6.19. The maximum Gasteiger partial charge on any atom is 0.264 e. The number of anilines is 1. The normalized spacial score (nSPS) is 13.0. The van der Waals surface area contributed by atoms with Gasteiger partial charge in [0, 0.05) is 29.5 Å². The molecule has 0 bridgehead atoms. The van der Waals surface area contributed by atoms with Crippen molar-refractivity contribution in [3.8, 4) is 11.8 Å². The summed E-state index contributed by atoms with van der Waals surface area (Å²) in [7, 11) is -2.88. The quantitative estimate of drug-likeness (QED) is 0.283. The Hall–Kier alpha value is -4.54. The van der Waals surface area contributed by atoms with E-state index >= 15 is 0 Å². The van der Waals surface area contributed by atoms with Gasteiger partial charge < -0.3 is 4.74 Å². The van der Waals surface area contributed by atoms with E-state index < -0.39 is 33.8 Å². The van der Waals surface area contributed by atoms with Crippen LogP contribution in [0.15, 0.2) is 83.5 Å². The third-order valence-corrected chi connectivity index (χ3v) is 8.66. The number of hydrogen-bond donors (Lipinski definition) is 1. The number of amides is 2. The van der Waals surface area contributed by atoms with Crippen LogP contribution in [0.2, 0.25) is 0 Å². The number of thiazole rings is 1. The van der Waals surface area contributed by atoms with Crippen molar-refractivity contribution in [2.45, 2.75) is 49.6 Å². The first kappa shape index (κ1) is 30.4. The Bertz CT molecular complexity index is 1690. The number of benzene rings is 2. The molecule has 42 heavy (non-hydrogen) atoms. The molecule has 0 aliphatic carbocycles. The van der Waals surface area contributed by atoms with Gasteiger partial charge in [-0.05, 0) is 41.3 Å². The minimum absolute atomic E-state index is 0.0912. The van der Waals surface area contributed by atoms with Gasteiger partial charge >= 0.3 is 0 Å². The van der Waals surface area contributed by atoms with Crippen LogP contribution < -0.4 is 14.4 Å². The first-order valence-corrected chi connectivity index (χ1v) is 15.2. The molecule has 1 unspecified atom stereocenters. The van der Waals surface area contributed by atoms with Crippen LogP contribution in [0.1, 0.15) is 43.1 Å². The molecule has 0 saturated heterocycles. The highest BCUT2D eigenvalue weighted by atomic mass is 32.2. The molecule has 0 saturated carbocycles. The van der Waals surface area contributed by atoms with E-state index in [1.807, 2.05) is 26.8 Å². The molecule has 13 heteroatoms. The lowest BCUT2D eigenvalue weighted by atomic mass is 9.85. The topological polar surface area (TPSA) is 147 Å². The van der Waals surface area contributed by atoms with E-state index in [9.17, 15) is 23.3 Å². The third-order valence-electron chi connectivity index (χ3n) is 6.56. The van der Waals surface area contributed by atoms with E-state index in [1.165, 1.54) is 48.5 Å². The van der Waals surface area contributed by atoms with Crippen molar-refractivity contribution >= 4 is 38.3 Å². The fraction of sp³-hybridized carbons (Fsp3) is 0.276. The summed E-state index contributed by atoms with van der Waals surface area (Å²) < 4.78 is 35.7. The first-order valence-electron chi connectivity index (χ1n) is 12.8. The maximum absolute atomic E-state index is 14.4. The lowest BCUT2D eigenvalue weighted by Crippen LogP contribution is -2.64. The van der Waals surface area contributed by atoms with Crippen LogP contribution in [0.25, 0.3) is 0 Å². The number of carbonyl (C=O) groups is 2. The highest BCUT2D eigenvalue weighted by molar-refractivity contribution is 7.90. The highest BCUT2D eigenvalue weighted by Crippen LogP contribution is 2.36. The zero-order valence-corrected chi connectivity index (χ0v) is 25.1. The molecule has 2 aromatic heterocycles. The predicted octanol–water partition coefficient (Wildman–Crippen LogP) is 4.15. The van der Waals surface area contributed by atoms with Gasteiger partial charge in [0.05, 0.1) is 31.0 Å². The van der Waals surface area contributed by atoms with Crippen molar-refractivity contribution in [2.24, 2.45) is 0 Å². The molecule has 1 N–H and O–H groups in total. The number of nitriles is 1. The van der Waals surface area contributed by atoms with Gasteiger partial charge in [-0.3, -0.25) is 19.2 Å². The van der Waals surface area contributed by atoms with Gasteiger partial charge in [-0.1, -0.05) is 45.0 Å². The molecule has 1 atom stereocenters. The molecule has 0 radical (unpaired) electrons. The molecular weight excluding hydrogens is 576 g/mol. The summed E-state index contributed by atoms with van der Waals surface area (Å²) >= 11 is 1.06. The molecule has 218 valence electrons. The zero-order valence-electron chi connectivity index (χ0n) is 23.5. The summed E-state index contributed by atoms with van der Waals surface area (Å²) in [5, 5.41) is 15.9. The van der Waals surface area contributed by atoms with Crippen LogP contribution in [0.5, 0.6) is 5.75 Å². The average Bonchev–Trinajstić information content (AvgIpc) is 3.67. The van der Waals surface area contributed by atoms with Crippen molar-refractivity contribution in [1.29, 1.82) is 5.26 Å². The molecule has 2 amide bonds. The fourth-order valence-corrected chi connectivity index (χ4v) is 6.29. The largest absolute Gasteiger partial charge is 0.496 e. The Balaban J connectivity index is 1.91. The van der Waals surface area contributed by atoms with Crippen LogP contribution in [0.3, 0.4) is 0 Å². The van der Waals surface area contributed by atoms with Crippen molar-refractivity contribution in [3.05, 3.63) is 89.7 Å². The number of aromatic nitrogens is 3. The number of rotatable bonds is 10. The maximum atomic E-state index is 14.4. The molecule has 0 aliphatic heterocycles. The number of hydrogen-bond acceptors (Lipinski definition) is 9. The predicted molar refractivity (Wildman–Crippen MR) is 158 cm³/mol. The van der Waals surface area contributed by atoms with Gasteiger partial charge in [0.2, 0.25) is 0 Å². The smallest absolute Gasteiger partial charge is 0.264 e. The van der Waals surface area contributed by atoms with E-state index in [-0.39, 0.29) is 27.6 Å². The van der Waals surface area contributed by atoms with E-state index in [0.29, 0.717) is 5.75 Å². The van der Waals surface area contributed by atoms with E-state index in [4.69, 9.17) is 4.74 Å². The van der Waals surface area contributed by atoms with Crippen molar-refractivity contribution in [2.75, 3.05) is 12.0 Å². The second-order valence-electron chi connectivity index (χ2n) is 10.4. The first-order chi connectivity index (χ1) is 19.9. The molecule has 4 aromatic rings. The van der Waals surface area contributed by atoms with Gasteiger partial charge in [0.15, 0.2) is 10.7 Å². The number of ether oxygens (including phenoxy) is 1. The number of nitrogens with zero attached hydrogens (tertiary/aromatic N) is 5. The van der Waals surface area contributed by atoms with Gasteiger partial charge in [-0.25, -0.2) is 18.1 Å². The molecule has 0 fully saturated rings. The van der Waals surface area contributed by atoms with Gasteiger partial charge in [-0.15, -0.1) is 11.3 Å². The average molecular weight is 607 g/mol. The standard InChI is InChI=1S/C29H30N6O5S2/c1-28(2,3)23-12-11-21(19-24(23)40-4)25(36)35(27-31-16-18-41-27)29(13-14-30,20-34-17-8-15-32-34)26(37)33-42(38,39)22-9-6-5-7-10-22/h5-12,15-19H,13,20H2,1-4H3,(H,33,37). The van der Waals surface area contributed by atoms with Crippen molar-refractivity contribution in [1.82, 2.24) is 19.5 Å². The van der Waals surface area contributed by atoms with Gasteiger partial charge in [-0.2, -0.15) is 10.4 Å². The highest BCUT2D eigenvalue weighted by Gasteiger charge is 2.51. The van der Waals surface area contributed by atoms with E-state index in [1.54, 1.807) is 41.9 Å². The monoisotopic (exact) mass is 606 g/mol. The Morgan fingerprint density at radius 1 is 1.12 bits per heavy atom. The summed E-state index contributed by atoms with van der Waals surface area (Å²) in [6.45, 7) is 5.68. The SMILES string of the molecule is COc1cc(C(=O)N(c2nccs2)C(CC#N)(Cn2cccn2)C(=O)NS(=O)(=O)c2ccccc2)ccc1C(C)(C)C. The van der Waals surface area contributed by atoms with E-state index in [2.05, 4.69) is 14.8 Å². The Morgan fingerprint density at radius 2 is 1.86 bits per heavy atom. The van der Waals surface area contributed by atoms with Crippen molar-refractivity contribution in [3.63, 3.8) is 0 Å². The van der Waals surface area contributed by atoms with E-state index in [0.717, 1.165) is 21.8 Å². The van der Waals surface area contributed by atoms with Gasteiger partial charge in [0.1, 0.15) is 5.75 Å². The number of nitrogens with one attached hydrogen (secondary N) is 1. The van der Waals surface area contributed by atoms with Crippen LogP contribution in [0, 0.1) is 11.3 Å². The summed E-state index contributed by atoms with van der Waals surface area (Å²) in [6, 6.07) is 15.9. The molecule has 0 aliphatic rings. The fourth-order valence-electron chi connectivity index (χ4n) is 4.49. The van der Waals surface area contributed by atoms with Crippen LogP contribution in [0.4, 0.5) is 5.13 Å². The second kappa shape index (κ2) is 12.1. The molecule has 2 heterocycles. The minimum atomic E-state index is -4.38. The number of carbonyl (C=O) groups excluding carboxylic acids is 2. The summed E-state index contributed by atoms with van der Waals surface area (Å²) in [5.74, 6) is -1.31. The summed E-state index contributed by atoms with van der Waals surface area (Å²) in [6.07, 6.45) is 3.90. The lowest BCUT2D eigenvalue weighted by molar-refractivity contribution is -0.125. The molecule has 2 aromatic carbocycles. The zero-order chi connectivity index (χ0) is 30.5. The summed E-state index contributed by atoms with van der Waals surface area (Å²) in [5.41, 5.74) is -1.38. The summed E-state index contributed by atoms with van der Waals surface area (Å²) in [4.78, 5) is 33.9. The number of sulfonamides is 1. The lowest BCUT2D eigenvalue weighted by Gasteiger charge is -2.39. The van der Waals surface area contributed by atoms with Crippen LogP contribution >= 0.6 is 11.3 Å². The van der Waals surface area contributed by atoms with Crippen LogP contribution in [-0.2, 0) is 26.8 Å². The molecular formula is C29H30N6O5S2. The molecule has 0 spiro atoms. The van der Waals surface area contributed by atoms with Crippen molar-refractivity contribution < 1.29 is 22.7 Å². The van der Waals surface area contributed by atoms with Crippen LogP contribution in [-0.4, -0.2) is 47.6 Å². The van der Waals surface area contributed by atoms with Gasteiger partial charge in [0.25, 0.3) is 21.8 Å². The minimum Gasteiger partial charge on any atom is -0.496 e. The Kier molecular flexibility index (Phi) is 8.79. The Morgan fingerprint density at radius 3 is 2.43 bits per heavy atom. The number of methoxy groups -OCH3 is 1.